The SMILES string of the molecule is C[C@H](OC(=O)[C@H]1COc2ccccc2O1)C(=O)Nc1ccccc1-c1ccccc1. The highest BCUT2D eigenvalue weighted by atomic mass is 16.6. The maximum Gasteiger partial charge on any atom is 0.351 e. The van der Waals surface area contributed by atoms with Crippen molar-refractivity contribution in [1.82, 2.24) is 0 Å². The van der Waals surface area contributed by atoms with Crippen molar-refractivity contribution in [2.24, 2.45) is 0 Å². The van der Waals surface area contributed by atoms with Crippen molar-refractivity contribution in [3.05, 3.63) is 78.9 Å². The van der Waals surface area contributed by atoms with Crippen LogP contribution in [0.3, 0.4) is 0 Å². The monoisotopic (exact) mass is 403 g/mol. The molecule has 0 aromatic heterocycles. The number of amides is 1. The van der Waals surface area contributed by atoms with E-state index in [1.165, 1.54) is 6.92 Å². The first-order valence-corrected chi connectivity index (χ1v) is 9.66. The van der Waals surface area contributed by atoms with E-state index in [4.69, 9.17) is 14.2 Å². The van der Waals surface area contributed by atoms with E-state index in [1.807, 2.05) is 60.7 Å². The molecule has 0 saturated carbocycles. The minimum atomic E-state index is -0.998. The molecule has 0 bridgehead atoms. The third-order valence-corrected chi connectivity index (χ3v) is 4.70. The van der Waals surface area contributed by atoms with Gasteiger partial charge < -0.3 is 19.5 Å². The van der Waals surface area contributed by atoms with Gasteiger partial charge in [0.2, 0.25) is 6.10 Å². The third-order valence-electron chi connectivity index (χ3n) is 4.70. The van der Waals surface area contributed by atoms with Crippen LogP contribution in [-0.4, -0.2) is 30.7 Å². The van der Waals surface area contributed by atoms with Gasteiger partial charge in [-0.05, 0) is 30.7 Å². The number of esters is 1. The second-order valence-electron chi connectivity index (χ2n) is 6.84. The summed E-state index contributed by atoms with van der Waals surface area (Å²) in [5.41, 5.74) is 2.50. The van der Waals surface area contributed by atoms with Crippen LogP contribution in [0.1, 0.15) is 6.92 Å². The largest absolute Gasteiger partial charge is 0.485 e. The van der Waals surface area contributed by atoms with Crippen LogP contribution in [0.4, 0.5) is 5.69 Å². The molecule has 0 saturated heterocycles. The summed E-state index contributed by atoms with van der Waals surface area (Å²) in [6.45, 7) is 1.55. The molecule has 6 heteroatoms. The Morgan fingerprint density at radius 2 is 1.60 bits per heavy atom. The van der Waals surface area contributed by atoms with Gasteiger partial charge in [0.15, 0.2) is 17.6 Å². The number of ether oxygens (including phenoxy) is 3. The van der Waals surface area contributed by atoms with Crippen molar-refractivity contribution < 1.29 is 23.8 Å². The average Bonchev–Trinajstić information content (AvgIpc) is 2.79. The molecule has 1 heterocycles. The van der Waals surface area contributed by atoms with Crippen molar-refractivity contribution in [1.29, 1.82) is 0 Å². The highest BCUT2D eigenvalue weighted by Gasteiger charge is 2.31. The first kappa shape index (κ1) is 19.5. The van der Waals surface area contributed by atoms with Gasteiger partial charge in [-0.25, -0.2) is 4.79 Å². The Balaban J connectivity index is 1.40. The molecule has 0 aliphatic carbocycles. The predicted octanol–water partition coefficient (Wildman–Crippen LogP) is 4.06. The van der Waals surface area contributed by atoms with Gasteiger partial charge in [0.25, 0.3) is 5.91 Å². The molecular weight excluding hydrogens is 382 g/mol. The summed E-state index contributed by atoms with van der Waals surface area (Å²) in [6, 6.07) is 24.3. The molecular formula is C24H21NO5. The molecule has 0 radical (unpaired) electrons. The van der Waals surface area contributed by atoms with E-state index in [0.29, 0.717) is 17.2 Å². The van der Waals surface area contributed by atoms with Crippen molar-refractivity contribution in [3.63, 3.8) is 0 Å². The van der Waals surface area contributed by atoms with Gasteiger partial charge in [-0.3, -0.25) is 4.79 Å². The first-order chi connectivity index (χ1) is 14.6. The van der Waals surface area contributed by atoms with Gasteiger partial charge in [-0.1, -0.05) is 60.7 Å². The fourth-order valence-electron chi connectivity index (χ4n) is 3.14. The molecule has 3 aromatic carbocycles. The topological polar surface area (TPSA) is 73.9 Å². The van der Waals surface area contributed by atoms with Gasteiger partial charge in [0.1, 0.15) is 6.61 Å². The van der Waals surface area contributed by atoms with Crippen molar-refractivity contribution in [2.45, 2.75) is 19.1 Å². The number of hydrogen-bond acceptors (Lipinski definition) is 5. The summed E-state index contributed by atoms with van der Waals surface area (Å²) in [5.74, 6) is -0.0307. The minimum absolute atomic E-state index is 0.0288. The molecule has 3 aromatic rings. The molecule has 4 rings (SSSR count). The molecule has 0 unspecified atom stereocenters. The number of fused-ring (bicyclic) bond motifs is 1. The van der Waals surface area contributed by atoms with Gasteiger partial charge in [0.05, 0.1) is 0 Å². The Labute approximate surface area is 174 Å². The maximum absolute atomic E-state index is 12.7. The number of carbonyl (C=O) groups excluding carboxylic acids is 2. The molecule has 1 aliphatic rings. The second-order valence-corrected chi connectivity index (χ2v) is 6.84. The third kappa shape index (κ3) is 4.27. The molecule has 6 nitrogen and oxygen atoms in total. The number of anilines is 1. The van der Waals surface area contributed by atoms with Gasteiger partial charge in [-0.15, -0.1) is 0 Å². The highest BCUT2D eigenvalue weighted by molar-refractivity contribution is 5.98. The standard InChI is InChI=1S/C24H21NO5/c1-16(29-24(27)22-15-28-20-13-7-8-14-21(20)30-22)23(26)25-19-12-6-5-11-18(19)17-9-3-2-4-10-17/h2-14,16,22H,15H2,1H3,(H,25,26)/t16-,22+/m0/s1. The van der Waals surface area contributed by atoms with Crippen LogP contribution in [0.2, 0.25) is 0 Å². The molecule has 1 aliphatic heterocycles. The van der Waals surface area contributed by atoms with Gasteiger partial charge in [0, 0.05) is 11.3 Å². The zero-order chi connectivity index (χ0) is 20.9. The Hall–Kier alpha value is -3.80. The van der Waals surface area contributed by atoms with E-state index in [-0.39, 0.29) is 6.61 Å². The summed E-state index contributed by atoms with van der Waals surface area (Å²) in [7, 11) is 0. The first-order valence-electron chi connectivity index (χ1n) is 9.66. The maximum atomic E-state index is 12.7. The average molecular weight is 403 g/mol. The fourth-order valence-corrected chi connectivity index (χ4v) is 3.14. The Bertz CT molecular complexity index is 1050. The van der Waals surface area contributed by atoms with Crippen LogP contribution in [0.5, 0.6) is 11.5 Å². The second kappa shape index (κ2) is 8.69. The van der Waals surface area contributed by atoms with Crippen LogP contribution < -0.4 is 14.8 Å². The summed E-state index contributed by atoms with van der Waals surface area (Å²) in [5, 5.41) is 2.84. The fraction of sp³-hybridized carbons (Fsp3) is 0.167. The summed E-state index contributed by atoms with van der Waals surface area (Å²) < 4.78 is 16.5. The lowest BCUT2D eigenvalue weighted by atomic mass is 10.0. The van der Waals surface area contributed by atoms with E-state index in [9.17, 15) is 9.59 Å². The number of rotatable bonds is 5. The van der Waals surface area contributed by atoms with Crippen molar-refractivity contribution >= 4 is 17.6 Å². The smallest absolute Gasteiger partial charge is 0.351 e. The minimum Gasteiger partial charge on any atom is -0.485 e. The molecule has 1 amide bonds. The zero-order valence-electron chi connectivity index (χ0n) is 16.4. The van der Waals surface area contributed by atoms with E-state index in [2.05, 4.69) is 5.32 Å². The number of nitrogens with one attached hydrogen (secondary N) is 1. The van der Waals surface area contributed by atoms with E-state index >= 15 is 0 Å². The molecule has 30 heavy (non-hydrogen) atoms. The number of para-hydroxylation sites is 3. The molecule has 2 atom stereocenters. The molecule has 152 valence electrons. The molecule has 1 N–H and O–H groups in total. The predicted molar refractivity (Wildman–Crippen MR) is 112 cm³/mol. The Morgan fingerprint density at radius 3 is 2.40 bits per heavy atom. The van der Waals surface area contributed by atoms with Crippen LogP contribution in [0.15, 0.2) is 78.9 Å². The summed E-state index contributed by atoms with van der Waals surface area (Å²) in [4.78, 5) is 25.1. The molecule has 0 spiro atoms. The van der Waals surface area contributed by atoms with Crippen LogP contribution >= 0.6 is 0 Å². The Morgan fingerprint density at radius 1 is 0.933 bits per heavy atom. The number of benzene rings is 3. The zero-order valence-corrected chi connectivity index (χ0v) is 16.4. The van der Waals surface area contributed by atoms with E-state index < -0.39 is 24.1 Å². The quantitative estimate of drug-likeness (QED) is 0.651. The van der Waals surface area contributed by atoms with Crippen LogP contribution in [0, 0.1) is 0 Å². The molecule has 0 fully saturated rings. The van der Waals surface area contributed by atoms with E-state index in [1.54, 1.807) is 18.2 Å². The number of carbonyl (C=O) groups is 2. The lowest BCUT2D eigenvalue weighted by Crippen LogP contribution is -2.41. The number of hydrogen-bond donors (Lipinski definition) is 1. The van der Waals surface area contributed by atoms with Gasteiger partial charge in [-0.2, -0.15) is 0 Å². The Kier molecular flexibility index (Phi) is 5.66. The normalized spacial score (nSPS) is 15.7. The summed E-state index contributed by atoms with van der Waals surface area (Å²) >= 11 is 0. The van der Waals surface area contributed by atoms with Crippen molar-refractivity contribution in [2.75, 3.05) is 11.9 Å². The van der Waals surface area contributed by atoms with Gasteiger partial charge >= 0.3 is 5.97 Å². The van der Waals surface area contributed by atoms with Crippen molar-refractivity contribution in [3.8, 4) is 22.6 Å². The lowest BCUT2D eigenvalue weighted by molar-refractivity contribution is -0.162. The van der Waals surface area contributed by atoms with Crippen LogP contribution in [0.25, 0.3) is 11.1 Å². The van der Waals surface area contributed by atoms with Crippen LogP contribution in [-0.2, 0) is 14.3 Å². The highest BCUT2D eigenvalue weighted by Crippen LogP contribution is 2.31. The summed E-state index contributed by atoms with van der Waals surface area (Å²) in [6.07, 6.45) is -1.92. The lowest BCUT2D eigenvalue weighted by Gasteiger charge is -2.26. The van der Waals surface area contributed by atoms with E-state index in [0.717, 1.165) is 11.1 Å².